The minimum atomic E-state index is 0. The number of hydrogen-bond acceptors (Lipinski definition) is 0. The van der Waals surface area contributed by atoms with E-state index >= 15 is 0 Å². The van der Waals surface area contributed by atoms with Gasteiger partial charge in [0, 0.05) is 0 Å². The third-order valence-corrected chi connectivity index (χ3v) is 8.30. The van der Waals surface area contributed by atoms with Crippen molar-refractivity contribution in [1.82, 2.24) is 0 Å². The van der Waals surface area contributed by atoms with Crippen molar-refractivity contribution in [2.24, 2.45) is 0 Å². The molecule has 0 heterocycles. The molecule has 0 nitrogen and oxygen atoms in total. The van der Waals surface area contributed by atoms with Gasteiger partial charge in [0.25, 0.3) is 0 Å². The van der Waals surface area contributed by atoms with Gasteiger partial charge in [-0.1, -0.05) is 88.3 Å². The number of rotatable bonds is 4. The van der Waals surface area contributed by atoms with Gasteiger partial charge in [-0.05, 0) is 6.42 Å². The first-order valence-electron chi connectivity index (χ1n) is 13.3. The first-order valence-corrected chi connectivity index (χ1v) is 14.5. The second-order valence-electron chi connectivity index (χ2n) is 10.4. The van der Waals surface area contributed by atoms with Crippen LogP contribution in [0.15, 0.2) is 84.9 Å². The van der Waals surface area contributed by atoms with Crippen LogP contribution < -0.4 is 24.8 Å². The predicted octanol–water partition coefficient (Wildman–Crippen LogP) is 3.06. The van der Waals surface area contributed by atoms with Crippen LogP contribution in [0.1, 0.15) is 81.3 Å². The van der Waals surface area contributed by atoms with Gasteiger partial charge in [0.1, 0.15) is 0 Å². The molecule has 1 aliphatic carbocycles. The molecule has 200 valence electrons. The molecule has 0 radical (unpaired) electrons. The standard InChI is InChI=1S/C13H9.C13H21.C9H10.2ClH.Zr/c1-3-7-12-10(5-1)9-11-6-2-4-8-13(11)12;1-6-10-8-11(7-2)12(9-10)13(3,4)5;1-2-6-9-7-4-3-5-8-9;;;/h1-5,7-8H,9H2;8-9H,6-7H2,1-5H3;3-5,7-8H,2H2,1H3;2*1H;/q2*-1;;;;+2/p-2. The maximum atomic E-state index is 3.30. The van der Waals surface area contributed by atoms with Crippen LogP contribution in [0.2, 0.25) is 0 Å². The van der Waals surface area contributed by atoms with Crippen molar-refractivity contribution in [3.05, 3.63) is 124 Å². The van der Waals surface area contributed by atoms with E-state index in [4.69, 9.17) is 0 Å². The van der Waals surface area contributed by atoms with Gasteiger partial charge in [-0.15, -0.1) is 5.56 Å². The summed E-state index contributed by atoms with van der Waals surface area (Å²) in [7, 11) is 0. The molecule has 0 saturated heterocycles. The molecule has 0 atom stereocenters. The fourth-order valence-corrected chi connectivity index (χ4v) is 5.07. The molecule has 0 bridgehead atoms. The molecule has 4 aromatic rings. The smallest absolute Gasteiger partial charge is 0.0253 e. The Hall–Kier alpha value is -1.66. The monoisotopic (exact) mass is 620 g/mol. The molecule has 3 heteroatoms. The van der Waals surface area contributed by atoms with Crippen molar-refractivity contribution in [2.75, 3.05) is 0 Å². The van der Waals surface area contributed by atoms with E-state index in [1.165, 1.54) is 75.2 Å². The zero-order valence-corrected chi connectivity index (χ0v) is 27.6. The minimum Gasteiger partial charge on any atom is -1.00 e. The van der Waals surface area contributed by atoms with Crippen LogP contribution in [0.25, 0.3) is 11.1 Å². The summed E-state index contributed by atoms with van der Waals surface area (Å²) in [6.45, 7) is 13.5. The molecule has 4 aromatic carbocycles. The molecule has 0 aliphatic heterocycles. The van der Waals surface area contributed by atoms with Crippen molar-refractivity contribution >= 4 is 3.21 Å². The largest absolute Gasteiger partial charge is 1.00 e. The van der Waals surface area contributed by atoms with E-state index in [9.17, 15) is 0 Å². The van der Waals surface area contributed by atoms with Gasteiger partial charge in [0.15, 0.2) is 0 Å². The Morgan fingerprint density at radius 3 is 2.05 bits per heavy atom. The fraction of sp³-hybridized carbons (Fsp3) is 0.314. The Morgan fingerprint density at radius 2 is 1.47 bits per heavy atom. The second kappa shape index (κ2) is 16.4. The van der Waals surface area contributed by atoms with Crippen molar-refractivity contribution in [1.29, 1.82) is 0 Å². The van der Waals surface area contributed by atoms with Gasteiger partial charge in [-0.2, -0.15) is 52.6 Å². The van der Waals surface area contributed by atoms with E-state index in [1.54, 1.807) is 3.21 Å². The summed E-state index contributed by atoms with van der Waals surface area (Å²) in [6.07, 6.45) is 4.55. The first kappa shape index (κ1) is 34.4. The summed E-state index contributed by atoms with van der Waals surface area (Å²) in [5.41, 5.74) is 11.8. The topological polar surface area (TPSA) is 0 Å². The molecule has 0 N–H and O–H groups in total. The van der Waals surface area contributed by atoms with Crippen LogP contribution >= 0.6 is 0 Å². The Morgan fingerprint density at radius 1 is 0.842 bits per heavy atom. The predicted molar refractivity (Wildman–Crippen MR) is 154 cm³/mol. The molecule has 5 rings (SSSR count). The molecule has 0 unspecified atom stereocenters. The van der Waals surface area contributed by atoms with Crippen LogP contribution in [0.3, 0.4) is 0 Å². The number of fused-ring (bicyclic) bond motifs is 3. The molecular weight excluding hydrogens is 583 g/mol. The molecule has 38 heavy (non-hydrogen) atoms. The average molecular weight is 623 g/mol. The maximum absolute atomic E-state index is 3.30. The third-order valence-electron chi connectivity index (χ3n) is 6.72. The summed E-state index contributed by atoms with van der Waals surface area (Å²) in [6, 6.07) is 33.4. The Balaban J connectivity index is 0.000000281. The Bertz CT molecular complexity index is 1220. The normalized spacial score (nSPS) is 10.8. The zero-order chi connectivity index (χ0) is 26.1. The van der Waals surface area contributed by atoms with Crippen LogP contribution in [-0.2, 0) is 48.9 Å². The second-order valence-corrected chi connectivity index (χ2v) is 11.8. The van der Waals surface area contributed by atoms with Crippen molar-refractivity contribution in [2.45, 2.75) is 72.6 Å². The number of aryl methyl sites for hydroxylation is 2. The van der Waals surface area contributed by atoms with E-state index in [2.05, 4.69) is 126 Å². The summed E-state index contributed by atoms with van der Waals surface area (Å²) >= 11 is 1.54. The van der Waals surface area contributed by atoms with E-state index in [0.29, 0.717) is 5.41 Å². The van der Waals surface area contributed by atoms with E-state index in [0.717, 1.165) is 19.3 Å². The SMILES string of the molecule is CC[C](=[Zr+2])c1ccccc1.CCc1cc(C(C)(C)C)c(CC)[cH-]1.[Cl-].[Cl-].[c-]1cccc2c1Cc1ccccc1-2. The van der Waals surface area contributed by atoms with Crippen LogP contribution in [-0.4, -0.2) is 3.21 Å². The minimum absolute atomic E-state index is 0. The fourth-order valence-electron chi connectivity index (χ4n) is 4.66. The quantitative estimate of drug-likeness (QED) is 0.271. The molecule has 0 fully saturated rings. The Labute approximate surface area is 258 Å². The summed E-state index contributed by atoms with van der Waals surface area (Å²) < 4.78 is 1.55. The van der Waals surface area contributed by atoms with Gasteiger partial charge < -0.3 is 24.8 Å². The van der Waals surface area contributed by atoms with Gasteiger partial charge >= 0.3 is 76.7 Å². The molecule has 0 saturated carbocycles. The van der Waals surface area contributed by atoms with Crippen LogP contribution in [0.4, 0.5) is 0 Å². The molecule has 0 amide bonds. The number of halogens is 2. The van der Waals surface area contributed by atoms with Crippen molar-refractivity contribution in [3.8, 4) is 11.1 Å². The van der Waals surface area contributed by atoms with Gasteiger partial charge in [0.05, 0.1) is 0 Å². The third kappa shape index (κ3) is 9.22. The average Bonchev–Trinajstić information content (AvgIpc) is 3.51. The number of hydrogen-bond donors (Lipinski definition) is 0. The summed E-state index contributed by atoms with van der Waals surface area (Å²) in [4.78, 5) is 0. The van der Waals surface area contributed by atoms with E-state index < -0.39 is 0 Å². The van der Waals surface area contributed by atoms with E-state index in [-0.39, 0.29) is 24.8 Å². The van der Waals surface area contributed by atoms with Crippen molar-refractivity contribution in [3.63, 3.8) is 0 Å². The van der Waals surface area contributed by atoms with Crippen LogP contribution in [0, 0.1) is 6.07 Å². The van der Waals surface area contributed by atoms with Gasteiger partial charge in [-0.25, -0.2) is 6.07 Å². The van der Waals surface area contributed by atoms with Crippen molar-refractivity contribution < 1.29 is 49.0 Å². The summed E-state index contributed by atoms with van der Waals surface area (Å²) in [5.74, 6) is 0. The van der Waals surface area contributed by atoms with Gasteiger partial charge in [0.2, 0.25) is 0 Å². The summed E-state index contributed by atoms with van der Waals surface area (Å²) in [5, 5.41) is 0. The molecule has 1 aliphatic rings. The first-order chi connectivity index (χ1) is 17.3. The molecule has 0 aromatic heterocycles. The molecule has 0 spiro atoms. The zero-order valence-electron chi connectivity index (χ0n) is 23.7. The Kier molecular flexibility index (Phi) is 14.9. The molecular formula is C35H40Cl2Zr-2. The van der Waals surface area contributed by atoms with E-state index in [1.807, 2.05) is 6.07 Å². The maximum Gasteiger partial charge on any atom is -0.0253 e. The number of benzene rings is 3. The van der Waals surface area contributed by atoms with Gasteiger partial charge in [-0.3, -0.25) is 0 Å². The van der Waals surface area contributed by atoms with Crippen LogP contribution in [0.5, 0.6) is 0 Å².